The van der Waals surface area contributed by atoms with Crippen LogP contribution >= 0.6 is 0 Å². The average Bonchev–Trinajstić information content (AvgIpc) is 3.33. The Kier molecular flexibility index (Phi) is 6.26. The van der Waals surface area contributed by atoms with Gasteiger partial charge in [-0.15, -0.1) is 0 Å². The molecular weight excluding hydrogens is 274 g/mol. The number of amides is 1. The number of carbonyl (C=O) groups excluding carboxylic acids is 1. The number of carbonyl (C=O) groups is 1. The zero-order valence-corrected chi connectivity index (χ0v) is 14.4. The van der Waals surface area contributed by atoms with E-state index in [4.69, 9.17) is 5.26 Å². The SMILES string of the molecule is CCN(CC(=O)N(C1CCC(C)CC1)C1CC1)C[C@@H](C)C#N. The molecule has 0 N–H and O–H groups in total. The third-order valence-electron chi connectivity index (χ3n) is 5.17. The van der Waals surface area contributed by atoms with Crippen LogP contribution in [0.25, 0.3) is 0 Å². The molecule has 22 heavy (non-hydrogen) atoms. The van der Waals surface area contributed by atoms with E-state index < -0.39 is 0 Å². The van der Waals surface area contributed by atoms with Crippen molar-refractivity contribution in [2.24, 2.45) is 11.8 Å². The van der Waals surface area contributed by atoms with Gasteiger partial charge in [-0.2, -0.15) is 5.26 Å². The second-order valence-corrected chi connectivity index (χ2v) is 7.30. The van der Waals surface area contributed by atoms with Crippen LogP contribution in [0.15, 0.2) is 0 Å². The standard InChI is InChI=1S/C18H31N3O/c1-4-20(12-15(3)11-19)13-18(22)21(17-9-10-17)16-7-5-14(2)6-8-16/h14-17H,4-10,12-13H2,1-3H3/t14?,15-,16?/m0/s1. The Labute approximate surface area is 135 Å². The molecule has 0 aromatic carbocycles. The molecule has 0 bridgehead atoms. The van der Waals surface area contributed by atoms with Gasteiger partial charge in [0.25, 0.3) is 0 Å². The summed E-state index contributed by atoms with van der Waals surface area (Å²) in [5, 5.41) is 8.98. The van der Waals surface area contributed by atoms with Crippen LogP contribution in [-0.4, -0.2) is 47.4 Å². The summed E-state index contributed by atoms with van der Waals surface area (Å²) in [6.45, 7) is 8.32. The van der Waals surface area contributed by atoms with Crippen LogP contribution in [0.5, 0.6) is 0 Å². The number of rotatable bonds is 7. The van der Waals surface area contributed by atoms with Gasteiger partial charge in [-0.05, 0) is 57.9 Å². The first-order valence-corrected chi connectivity index (χ1v) is 8.98. The molecule has 2 aliphatic carbocycles. The molecule has 0 heterocycles. The van der Waals surface area contributed by atoms with Gasteiger partial charge in [0.15, 0.2) is 0 Å². The largest absolute Gasteiger partial charge is 0.336 e. The molecule has 0 aliphatic heterocycles. The first-order valence-electron chi connectivity index (χ1n) is 8.98. The smallest absolute Gasteiger partial charge is 0.237 e. The molecule has 2 rings (SSSR count). The molecule has 4 nitrogen and oxygen atoms in total. The zero-order valence-electron chi connectivity index (χ0n) is 14.4. The molecule has 1 amide bonds. The highest BCUT2D eigenvalue weighted by Crippen LogP contribution is 2.35. The molecule has 124 valence electrons. The molecule has 0 aromatic heterocycles. The minimum atomic E-state index is -0.0161. The summed E-state index contributed by atoms with van der Waals surface area (Å²) in [5.41, 5.74) is 0. The second-order valence-electron chi connectivity index (χ2n) is 7.30. The Morgan fingerprint density at radius 2 is 1.73 bits per heavy atom. The summed E-state index contributed by atoms with van der Waals surface area (Å²) >= 11 is 0. The number of hydrogen-bond donors (Lipinski definition) is 0. The average molecular weight is 305 g/mol. The molecular formula is C18H31N3O. The molecule has 0 radical (unpaired) electrons. The summed E-state index contributed by atoms with van der Waals surface area (Å²) in [5.74, 6) is 1.09. The fourth-order valence-electron chi connectivity index (χ4n) is 3.59. The second kappa shape index (κ2) is 7.97. The van der Waals surface area contributed by atoms with Crippen molar-refractivity contribution in [1.29, 1.82) is 5.26 Å². The maximum atomic E-state index is 12.8. The Morgan fingerprint density at radius 1 is 1.18 bits per heavy atom. The van der Waals surface area contributed by atoms with Gasteiger partial charge >= 0.3 is 0 Å². The van der Waals surface area contributed by atoms with Gasteiger partial charge in [0.1, 0.15) is 0 Å². The highest BCUT2D eigenvalue weighted by atomic mass is 16.2. The highest BCUT2D eigenvalue weighted by Gasteiger charge is 2.38. The fourth-order valence-corrected chi connectivity index (χ4v) is 3.59. The fraction of sp³-hybridized carbons (Fsp3) is 0.889. The number of hydrogen-bond acceptors (Lipinski definition) is 3. The lowest BCUT2D eigenvalue weighted by atomic mass is 9.86. The van der Waals surface area contributed by atoms with E-state index in [0.717, 1.165) is 12.5 Å². The van der Waals surface area contributed by atoms with Crippen LogP contribution in [0.2, 0.25) is 0 Å². The maximum absolute atomic E-state index is 12.8. The van der Waals surface area contributed by atoms with Gasteiger partial charge in [0.05, 0.1) is 18.5 Å². The quantitative estimate of drug-likeness (QED) is 0.726. The topological polar surface area (TPSA) is 47.3 Å². The van der Waals surface area contributed by atoms with Gasteiger partial charge in [-0.3, -0.25) is 9.69 Å². The van der Waals surface area contributed by atoms with E-state index in [1.165, 1.54) is 38.5 Å². The predicted octanol–water partition coefficient (Wildman–Crippen LogP) is 3.04. The van der Waals surface area contributed by atoms with E-state index >= 15 is 0 Å². The van der Waals surface area contributed by atoms with Gasteiger partial charge in [-0.25, -0.2) is 0 Å². The van der Waals surface area contributed by atoms with E-state index in [-0.39, 0.29) is 11.8 Å². The molecule has 0 spiro atoms. The first-order chi connectivity index (χ1) is 10.5. The maximum Gasteiger partial charge on any atom is 0.237 e. The molecule has 1 atom stereocenters. The predicted molar refractivity (Wildman–Crippen MR) is 88.2 cm³/mol. The van der Waals surface area contributed by atoms with E-state index in [1.807, 2.05) is 6.92 Å². The summed E-state index contributed by atoms with van der Waals surface area (Å²) in [6.07, 6.45) is 7.21. The van der Waals surface area contributed by atoms with Crippen molar-refractivity contribution in [1.82, 2.24) is 9.80 Å². The van der Waals surface area contributed by atoms with Crippen molar-refractivity contribution in [3.05, 3.63) is 0 Å². The third-order valence-corrected chi connectivity index (χ3v) is 5.17. The first kappa shape index (κ1) is 17.3. The lowest BCUT2D eigenvalue weighted by Gasteiger charge is -2.37. The number of likely N-dealkylation sites (N-methyl/N-ethyl adjacent to an activating group) is 1. The van der Waals surface area contributed by atoms with Crippen LogP contribution in [0.4, 0.5) is 0 Å². The van der Waals surface area contributed by atoms with Crippen LogP contribution in [-0.2, 0) is 4.79 Å². The minimum Gasteiger partial charge on any atom is -0.336 e. The monoisotopic (exact) mass is 305 g/mol. The van der Waals surface area contributed by atoms with E-state index in [2.05, 4.69) is 29.7 Å². The van der Waals surface area contributed by atoms with E-state index in [9.17, 15) is 4.79 Å². The molecule has 2 aliphatic rings. The van der Waals surface area contributed by atoms with Gasteiger partial charge in [0.2, 0.25) is 5.91 Å². The molecule has 2 fully saturated rings. The molecule has 2 saturated carbocycles. The van der Waals surface area contributed by atoms with Gasteiger partial charge in [-0.1, -0.05) is 13.8 Å². The minimum absolute atomic E-state index is 0.0161. The van der Waals surface area contributed by atoms with Crippen molar-refractivity contribution in [3.8, 4) is 6.07 Å². The molecule has 0 unspecified atom stereocenters. The van der Waals surface area contributed by atoms with Crippen LogP contribution < -0.4 is 0 Å². The lowest BCUT2D eigenvalue weighted by Crippen LogP contribution is -2.48. The number of nitrogens with zero attached hydrogens (tertiary/aromatic N) is 3. The molecule has 0 saturated heterocycles. The normalized spacial score (nSPS) is 26.5. The van der Waals surface area contributed by atoms with Gasteiger partial charge < -0.3 is 4.90 Å². The van der Waals surface area contributed by atoms with Crippen LogP contribution in [0.1, 0.15) is 59.3 Å². The summed E-state index contributed by atoms with van der Waals surface area (Å²) in [4.78, 5) is 17.2. The van der Waals surface area contributed by atoms with Crippen LogP contribution in [0.3, 0.4) is 0 Å². The Hall–Kier alpha value is -1.08. The van der Waals surface area contributed by atoms with Crippen molar-refractivity contribution in [2.45, 2.75) is 71.4 Å². The molecule has 0 aromatic rings. The number of nitriles is 1. The lowest BCUT2D eigenvalue weighted by molar-refractivity contribution is -0.136. The van der Waals surface area contributed by atoms with Gasteiger partial charge in [0, 0.05) is 18.6 Å². The Balaban J connectivity index is 1.93. The zero-order chi connectivity index (χ0) is 16.1. The summed E-state index contributed by atoms with van der Waals surface area (Å²) in [7, 11) is 0. The van der Waals surface area contributed by atoms with E-state index in [0.29, 0.717) is 25.2 Å². The van der Waals surface area contributed by atoms with Crippen molar-refractivity contribution < 1.29 is 4.79 Å². The van der Waals surface area contributed by atoms with Crippen molar-refractivity contribution in [2.75, 3.05) is 19.6 Å². The summed E-state index contributed by atoms with van der Waals surface area (Å²) in [6, 6.07) is 3.23. The van der Waals surface area contributed by atoms with Crippen molar-refractivity contribution in [3.63, 3.8) is 0 Å². The highest BCUT2D eigenvalue weighted by molar-refractivity contribution is 5.79. The van der Waals surface area contributed by atoms with E-state index in [1.54, 1.807) is 0 Å². The van der Waals surface area contributed by atoms with Crippen LogP contribution in [0, 0.1) is 23.2 Å². The Morgan fingerprint density at radius 3 is 2.18 bits per heavy atom. The molecule has 4 heteroatoms. The Bertz CT molecular complexity index is 405. The third kappa shape index (κ3) is 4.71. The van der Waals surface area contributed by atoms with Crippen molar-refractivity contribution >= 4 is 5.91 Å². The summed E-state index contributed by atoms with van der Waals surface area (Å²) < 4.78 is 0.